The first-order chi connectivity index (χ1) is 12.3. The molecule has 0 saturated carbocycles. The molecule has 126 valence electrons. The number of aromatic nitrogens is 1. The smallest absolute Gasteiger partial charge is 0.318 e. The number of para-hydroxylation sites is 1. The Balaban J connectivity index is 1.84. The molecule has 2 aromatic carbocycles. The van der Waals surface area contributed by atoms with E-state index >= 15 is 0 Å². The number of carboxylic acid groups (broad SMARTS) is 1. The summed E-state index contributed by atoms with van der Waals surface area (Å²) in [5.74, 6) is -1.72. The maximum Gasteiger partial charge on any atom is 0.318 e. The van der Waals surface area contributed by atoms with Gasteiger partial charge >= 0.3 is 5.97 Å². The highest BCUT2D eigenvalue weighted by Crippen LogP contribution is 2.32. The predicted octanol–water partition coefficient (Wildman–Crippen LogP) is 3.07. The Morgan fingerprint density at radius 2 is 1.92 bits per heavy atom. The first-order valence-corrected chi connectivity index (χ1v) is 8.28. The van der Waals surface area contributed by atoms with Crippen LogP contribution >= 0.6 is 0 Å². The Morgan fingerprint density at radius 3 is 2.72 bits per heavy atom. The third-order valence-corrected chi connectivity index (χ3v) is 4.49. The van der Waals surface area contributed by atoms with Crippen molar-refractivity contribution in [2.45, 2.75) is 18.9 Å². The molecule has 0 saturated heterocycles. The van der Waals surface area contributed by atoms with Crippen LogP contribution in [0.4, 0.5) is 0 Å². The minimum atomic E-state index is -0.917. The van der Waals surface area contributed by atoms with Gasteiger partial charge in [0.1, 0.15) is 12.5 Å². The second kappa shape index (κ2) is 6.43. The van der Waals surface area contributed by atoms with Crippen LogP contribution in [0.2, 0.25) is 0 Å². The summed E-state index contributed by atoms with van der Waals surface area (Å²) in [5, 5.41) is 10.7. The van der Waals surface area contributed by atoms with Crippen LogP contribution in [0.25, 0.3) is 10.9 Å². The van der Waals surface area contributed by atoms with E-state index in [0.717, 1.165) is 22.0 Å². The molecule has 0 aliphatic carbocycles. The lowest BCUT2D eigenvalue weighted by molar-refractivity contribution is -0.137. The molecule has 0 fully saturated rings. The van der Waals surface area contributed by atoms with Gasteiger partial charge in [-0.1, -0.05) is 48.5 Å². The molecule has 0 radical (unpaired) electrons. The van der Waals surface area contributed by atoms with Crippen molar-refractivity contribution >= 4 is 23.1 Å². The zero-order valence-electron chi connectivity index (χ0n) is 13.6. The summed E-state index contributed by atoms with van der Waals surface area (Å²) >= 11 is 0. The molecule has 0 spiro atoms. The lowest BCUT2D eigenvalue weighted by atomic mass is 10.0. The standard InChI is InChI=1S/C20H18N2O3/c23-20(24)17-12-21-11-10-16-15-8-4-5-9-18(15)22(19(16)17)25-13-14-6-2-1-3-7-14/h1-9,12,17H,10-11,13H2,(H,23,24). The summed E-state index contributed by atoms with van der Waals surface area (Å²) in [6, 6.07) is 17.7. The lowest BCUT2D eigenvalue weighted by Crippen LogP contribution is -2.22. The molecule has 3 aromatic rings. The van der Waals surface area contributed by atoms with Crippen LogP contribution in [0.1, 0.15) is 22.7 Å². The number of nitrogens with zero attached hydrogens (tertiary/aromatic N) is 2. The van der Waals surface area contributed by atoms with Gasteiger partial charge in [0, 0.05) is 18.1 Å². The van der Waals surface area contributed by atoms with Crippen molar-refractivity contribution in [3.63, 3.8) is 0 Å². The fraction of sp³-hybridized carbons (Fsp3) is 0.200. The minimum absolute atomic E-state index is 0.370. The normalized spacial score (nSPS) is 16.4. The number of fused-ring (bicyclic) bond motifs is 3. The van der Waals surface area contributed by atoms with Gasteiger partial charge in [0.05, 0.1) is 11.2 Å². The monoisotopic (exact) mass is 334 g/mol. The topological polar surface area (TPSA) is 63.8 Å². The van der Waals surface area contributed by atoms with Crippen molar-refractivity contribution < 1.29 is 14.7 Å². The molecule has 2 heterocycles. The van der Waals surface area contributed by atoms with E-state index in [0.29, 0.717) is 25.3 Å². The van der Waals surface area contributed by atoms with Crippen LogP contribution in [0.15, 0.2) is 59.6 Å². The zero-order chi connectivity index (χ0) is 17.2. The van der Waals surface area contributed by atoms with Gasteiger partial charge in [-0.05, 0) is 23.6 Å². The largest absolute Gasteiger partial charge is 0.480 e. The lowest BCUT2D eigenvalue weighted by Gasteiger charge is -2.15. The van der Waals surface area contributed by atoms with Crippen molar-refractivity contribution in [1.82, 2.24) is 4.73 Å². The van der Waals surface area contributed by atoms with E-state index in [2.05, 4.69) is 4.99 Å². The van der Waals surface area contributed by atoms with Crippen LogP contribution in [0.5, 0.6) is 0 Å². The first kappa shape index (κ1) is 15.4. The molecule has 1 aromatic heterocycles. The fourth-order valence-electron chi connectivity index (χ4n) is 3.33. The third kappa shape index (κ3) is 2.78. The maximum absolute atomic E-state index is 11.8. The number of carbonyl (C=O) groups is 1. The van der Waals surface area contributed by atoms with Crippen LogP contribution in [0, 0.1) is 0 Å². The summed E-state index contributed by atoms with van der Waals surface area (Å²) in [7, 11) is 0. The van der Waals surface area contributed by atoms with E-state index in [1.54, 1.807) is 4.73 Å². The summed E-state index contributed by atoms with van der Waals surface area (Å²) in [4.78, 5) is 22.1. The van der Waals surface area contributed by atoms with Gasteiger partial charge in [-0.2, -0.15) is 4.73 Å². The van der Waals surface area contributed by atoms with Crippen molar-refractivity contribution in [2.75, 3.05) is 6.54 Å². The SMILES string of the molecule is O=C(O)C1C=NCCc2c1n(OCc1ccccc1)c1ccccc21. The van der Waals surface area contributed by atoms with Gasteiger partial charge in [0.15, 0.2) is 0 Å². The minimum Gasteiger partial charge on any atom is -0.480 e. The average Bonchev–Trinajstić information content (AvgIpc) is 2.79. The van der Waals surface area contributed by atoms with Crippen molar-refractivity contribution in [3.8, 4) is 0 Å². The van der Waals surface area contributed by atoms with E-state index in [4.69, 9.17) is 4.84 Å². The maximum atomic E-state index is 11.8. The Bertz CT molecular complexity index is 944. The Kier molecular flexibility index (Phi) is 3.98. The molecular formula is C20H18N2O3. The van der Waals surface area contributed by atoms with Crippen LogP contribution < -0.4 is 4.84 Å². The second-order valence-electron chi connectivity index (χ2n) is 6.06. The molecule has 1 atom stereocenters. The van der Waals surface area contributed by atoms with Gasteiger partial charge in [-0.25, -0.2) is 0 Å². The van der Waals surface area contributed by atoms with E-state index < -0.39 is 11.9 Å². The molecular weight excluding hydrogens is 316 g/mol. The number of rotatable bonds is 4. The Morgan fingerprint density at radius 1 is 1.16 bits per heavy atom. The van der Waals surface area contributed by atoms with E-state index in [1.807, 2.05) is 54.6 Å². The number of carboxylic acids is 1. The highest BCUT2D eigenvalue weighted by atomic mass is 16.7. The summed E-state index contributed by atoms with van der Waals surface area (Å²) in [6.07, 6.45) is 2.23. The second-order valence-corrected chi connectivity index (χ2v) is 6.06. The zero-order valence-corrected chi connectivity index (χ0v) is 13.6. The van der Waals surface area contributed by atoms with Gasteiger partial charge in [-0.3, -0.25) is 9.79 Å². The predicted molar refractivity (Wildman–Crippen MR) is 96.1 cm³/mol. The molecule has 5 nitrogen and oxygen atoms in total. The number of aliphatic carboxylic acids is 1. The fourth-order valence-corrected chi connectivity index (χ4v) is 3.33. The molecule has 1 N–H and O–H groups in total. The highest BCUT2D eigenvalue weighted by Gasteiger charge is 2.30. The van der Waals surface area contributed by atoms with Gasteiger partial charge in [-0.15, -0.1) is 0 Å². The molecule has 5 heteroatoms. The summed E-state index contributed by atoms with van der Waals surface area (Å²) < 4.78 is 1.69. The molecule has 1 unspecified atom stereocenters. The van der Waals surface area contributed by atoms with Crippen LogP contribution in [0.3, 0.4) is 0 Å². The van der Waals surface area contributed by atoms with Gasteiger partial charge in [0.25, 0.3) is 0 Å². The Hall–Kier alpha value is -3.08. The number of hydrogen-bond donors (Lipinski definition) is 1. The number of hydrogen-bond acceptors (Lipinski definition) is 3. The summed E-state index contributed by atoms with van der Waals surface area (Å²) in [5.41, 5.74) is 3.60. The first-order valence-electron chi connectivity index (χ1n) is 8.28. The van der Waals surface area contributed by atoms with Crippen LogP contribution in [-0.4, -0.2) is 28.6 Å². The quantitative estimate of drug-likeness (QED) is 0.797. The van der Waals surface area contributed by atoms with Crippen LogP contribution in [-0.2, 0) is 17.8 Å². The molecule has 25 heavy (non-hydrogen) atoms. The number of benzene rings is 2. The van der Waals surface area contributed by atoms with Crippen molar-refractivity contribution in [2.24, 2.45) is 4.99 Å². The van der Waals surface area contributed by atoms with Gasteiger partial charge in [0.2, 0.25) is 0 Å². The number of aliphatic imine (C=N–C) groups is 1. The molecule has 1 aliphatic heterocycles. The molecule has 4 rings (SSSR count). The Labute approximate surface area is 145 Å². The van der Waals surface area contributed by atoms with Gasteiger partial charge < -0.3 is 9.94 Å². The average molecular weight is 334 g/mol. The van der Waals surface area contributed by atoms with E-state index in [1.165, 1.54) is 6.21 Å². The summed E-state index contributed by atoms with van der Waals surface area (Å²) in [6.45, 7) is 0.957. The van der Waals surface area contributed by atoms with E-state index in [9.17, 15) is 9.90 Å². The molecule has 1 aliphatic rings. The highest BCUT2D eigenvalue weighted by molar-refractivity contribution is 5.98. The van der Waals surface area contributed by atoms with Crippen molar-refractivity contribution in [3.05, 3.63) is 71.4 Å². The third-order valence-electron chi connectivity index (χ3n) is 4.49. The van der Waals surface area contributed by atoms with Crippen molar-refractivity contribution in [1.29, 1.82) is 0 Å². The molecule has 0 bridgehead atoms. The molecule has 0 amide bonds. The van der Waals surface area contributed by atoms with E-state index in [-0.39, 0.29) is 0 Å².